The average Bonchev–Trinajstić information content (AvgIpc) is 2.92. The molecule has 2 atom stereocenters. The Morgan fingerprint density at radius 3 is 2.83 bits per heavy atom. The lowest BCUT2D eigenvalue weighted by molar-refractivity contribution is 0.0982. The summed E-state index contributed by atoms with van der Waals surface area (Å²) in [7, 11) is -0.927. The van der Waals surface area contributed by atoms with Crippen LogP contribution in [0.15, 0.2) is 36.7 Å². The van der Waals surface area contributed by atoms with Crippen LogP contribution in [0, 0.1) is 0 Å². The van der Waals surface area contributed by atoms with Crippen molar-refractivity contribution in [2.75, 3.05) is 23.7 Å². The number of carbonyl (C=O) groups excluding carboxylic acids is 1. The number of hydrogen-bond donors (Lipinski definition) is 0. The highest BCUT2D eigenvalue weighted by molar-refractivity contribution is 7.82. The molecule has 29 heavy (non-hydrogen) atoms. The van der Waals surface area contributed by atoms with Gasteiger partial charge in [0, 0.05) is 35.6 Å². The van der Waals surface area contributed by atoms with E-state index in [2.05, 4.69) is 15.4 Å². The lowest BCUT2D eigenvalue weighted by atomic mass is 9.91. The van der Waals surface area contributed by atoms with Gasteiger partial charge >= 0.3 is 0 Å². The van der Waals surface area contributed by atoms with E-state index in [0.717, 1.165) is 42.7 Å². The molecule has 2 unspecified atom stereocenters. The molecular weight excluding hydrogens is 406 g/mol. The Balaban J connectivity index is 1.66. The number of amides is 1. The van der Waals surface area contributed by atoms with Crippen molar-refractivity contribution in [3.05, 3.63) is 58.4 Å². The molecule has 1 fully saturated rings. The average molecular weight is 432 g/mol. The van der Waals surface area contributed by atoms with Crippen LogP contribution in [-0.4, -0.2) is 38.2 Å². The zero-order chi connectivity index (χ0) is 20.8. The predicted octanol–water partition coefficient (Wildman–Crippen LogP) is 4.49. The van der Waals surface area contributed by atoms with Crippen molar-refractivity contribution in [3.8, 4) is 0 Å². The maximum Gasteiger partial charge on any atom is 0.259 e. The quantitative estimate of drug-likeness (QED) is 0.716. The van der Waals surface area contributed by atoms with Crippen LogP contribution < -0.4 is 4.90 Å². The van der Waals surface area contributed by atoms with Gasteiger partial charge in [0.25, 0.3) is 5.91 Å². The van der Waals surface area contributed by atoms with Crippen LogP contribution in [0.2, 0.25) is 5.02 Å². The third kappa shape index (κ3) is 3.62. The van der Waals surface area contributed by atoms with Gasteiger partial charge in [0.1, 0.15) is 0 Å². The van der Waals surface area contributed by atoms with E-state index in [0.29, 0.717) is 16.3 Å². The number of halogens is 1. The molecule has 1 saturated heterocycles. The first kappa shape index (κ1) is 20.5. The molecule has 1 aromatic heterocycles. The number of rotatable bonds is 4. The monoisotopic (exact) mass is 431 g/mol. The maximum atomic E-state index is 13.2. The first-order chi connectivity index (χ1) is 13.8. The van der Waals surface area contributed by atoms with Gasteiger partial charge in [-0.05, 0) is 68.0 Å². The van der Waals surface area contributed by atoms with Gasteiger partial charge in [-0.1, -0.05) is 18.5 Å². The highest BCUT2D eigenvalue weighted by atomic mass is 35.5. The minimum Gasteiger partial charge on any atom is -0.297 e. The summed E-state index contributed by atoms with van der Waals surface area (Å²) in [5.41, 5.74) is 2.99. The standard InChI is InChI=1S/C22H26ClN3O2S/c1-4-29(28)25-9-5-6-15(14-25)16-10-18(13-24-12-16)26-21(27)19-8-7-17(23)11-20(19)22(26,2)3/h7-8,10-13,15H,4-6,9,14H2,1-3H3. The van der Waals surface area contributed by atoms with E-state index in [1.807, 2.05) is 37.9 Å². The van der Waals surface area contributed by atoms with E-state index in [1.54, 1.807) is 18.3 Å². The van der Waals surface area contributed by atoms with Crippen LogP contribution >= 0.6 is 11.6 Å². The summed E-state index contributed by atoms with van der Waals surface area (Å²) < 4.78 is 14.3. The minimum absolute atomic E-state index is 0.0297. The number of aromatic nitrogens is 1. The van der Waals surface area contributed by atoms with Crippen molar-refractivity contribution in [2.45, 2.75) is 45.1 Å². The number of pyridine rings is 1. The molecule has 0 aliphatic carbocycles. The Hall–Kier alpha value is -1.76. The van der Waals surface area contributed by atoms with Gasteiger partial charge in [-0.25, -0.2) is 8.51 Å². The zero-order valence-electron chi connectivity index (χ0n) is 17.0. The Labute approximate surface area is 179 Å². The van der Waals surface area contributed by atoms with Crippen molar-refractivity contribution in [1.82, 2.24) is 9.29 Å². The molecule has 0 bridgehead atoms. The van der Waals surface area contributed by atoms with Crippen molar-refractivity contribution >= 4 is 34.2 Å². The largest absolute Gasteiger partial charge is 0.297 e. The SMILES string of the molecule is CCS(=O)N1CCCC(c2cncc(N3C(=O)c4ccc(Cl)cc4C3(C)C)c2)C1. The second-order valence-corrected chi connectivity index (χ2v) is 10.4. The Kier molecular flexibility index (Phi) is 5.53. The molecule has 2 aromatic rings. The van der Waals surface area contributed by atoms with Gasteiger partial charge in [-0.2, -0.15) is 0 Å². The number of nitrogens with zero attached hydrogens (tertiary/aromatic N) is 3. The molecule has 2 aliphatic heterocycles. The smallest absolute Gasteiger partial charge is 0.259 e. The second kappa shape index (κ2) is 7.82. The molecule has 154 valence electrons. The number of benzene rings is 1. The molecule has 0 N–H and O–H groups in total. The summed E-state index contributed by atoms with van der Waals surface area (Å²) in [4.78, 5) is 19.5. The van der Waals surface area contributed by atoms with Gasteiger partial charge in [0.05, 0.1) is 28.4 Å². The van der Waals surface area contributed by atoms with Crippen molar-refractivity contribution in [1.29, 1.82) is 0 Å². The van der Waals surface area contributed by atoms with Crippen LogP contribution in [0.5, 0.6) is 0 Å². The maximum absolute atomic E-state index is 13.2. The number of piperidine rings is 1. The molecule has 0 saturated carbocycles. The molecule has 1 amide bonds. The van der Waals surface area contributed by atoms with Gasteiger partial charge in [0.15, 0.2) is 0 Å². The summed E-state index contributed by atoms with van der Waals surface area (Å²) in [5.74, 6) is 0.879. The van der Waals surface area contributed by atoms with Gasteiger partial charge in [-0.15, -0.1) is 0 Å². The Morgan fingerprint density at radius 1 is 1.28 bits per heavy atom. The highest BCUT2D eigenvalue weighted by Crippen LogP contribution is 2.43. The zero-order valence-corrected chi connectivity index (χ0v) is 18.6. The summed E-state index contributed by atoms with van der Waals surface area (Å²) in [6.07, 6.45) is 5.68. The van der Waals surface area contributed by atoms with Gasteiger partial charge in [0.2, 0.25) is 0 Å². The van der Waals surface area contributed by atoms with Crippen molar-refractivity contribution in [2.24, 2.45) is 0 Å². The first-order valence-electron chi connectivity index (χ1n) is 10.1. The lowest BCUT2D eigenvalue weighted by Crippen LogP contribution is -2.39. The molecular formula is C22H26ClN3O2S. The Morgan fingerprint density at radius 2 is 2.07 bits per heavy atom. The van der Waals surface area contributed by atoms with E-state index in [-0.39, 0.29) is 11.8 Å². The second-order valence-electron chi connectivity index (χ2n) is 8.20. The predicted molar refractivity (Wildman–Crippen MR) is 118 cm³/mol. The molecule has 0 radical (unpaired) electrons. The molecule has 4 rings (SSSR count). The topological polar surface area (TPSA) is 53.5 Å². The van der Waals surface area contributed by atoms with Crippen LogP contribution in [0.25, 0.3) is 0 Å². The number of fused-ring (bicyclic) bond motifs is 1. The van der Waals surface area contributed by atoms with Crippen LogP contribution in [0.4, 0.5) is 5.69 Å². The van der Waals surface area contributed by atoms with Crippen molar-refractivity contribution < 1.29 is 9.00 Å². The third-order valence-electron chi connectivity index (χ3n) is 6.03. The molecule has 2 aliphatic rings. The fourth-order valence-electron chi connectivity index (χ4n) is 4.52. The van der Waals surface area contributed by atoms with Crippen LogP contribution in [0.1, 0.15) is 61.0 Å². The molecule has 7 heteroatoms. The fraction of sp³-hybridized carbons (Fsp3) is 0.455. The van der Waals surface area contributed by atoms with Crippen molar-refractivity contribution in [3.63, 3.8) is 0 Å². The van der Waals surface area contributed by atoms with Crippen LogP contribution in [-0.2, 0) is 16.5 Å². The highest BCUT2D eigenvalue weighted by Gasteiger charge is 2.44. The van der Waals surface area contributed by atoms with E-state index >= 15 is 0 Å². The molecule has 3 heterocycles. The van der Waals surface area contributed by atoms with E-state index in [9.17, 15) is 9.00 Å². The van der Waals surface area contributed by atoms with E-state index in [4.69, 9.17) is 11.6 Å². The minimum atomic E-state index is -0.927. The fourth-order valence-corrected chi connectivity index (χ4v) is 5.73. The van der Waals surface area contributed by atoms with E-state index in [1.165, 1.54) is 0 Å². The number of carbonyl (C=O) groups is 1. The van der Waals surface area contributed by atoms with Crippen LogP contribution in [0.3, 0.4) is 0 Å². The number of hydrogen-bond acceptors (Lipinski definition) is 3. The molecule has 1 aromatic carbocycles. The van der Waals surface area contributed by atoms with Gasteiger partial charge < -0.3 is 0 Å². The Bertz CT molecular complexity index is 978. The molecule has 5 nitrogen and oxygen atoms in total. The summed E-state index contributed by atoms with van der Waals surface area (Å²) in [6, 6.07) is 7.52. The summed E-state index contributed by atoms with van der Waals surface area (Å²) >= 11 is 6.20. The first-order valence-corrected chi connectivity index (χ1v) is 11.7. The number of anilines is 1. The summed E-state index contributed by atoms with van der Waals surface area (Å²) in [5, 5.41) is 0.629. The molecule has 0 spiro atoms. The summed E-state index contributed by atoms with van der Waals surface area (Å²) in [6.45, 7) is 7.66. The third-order valence-corrected chi connectivity index (χ3v) is 7.66. The van der Waals surface area contributed by atoms with E-state index < -0.39 is 16.5 Å². The normalized spacial score (nSPS) is 22.6. The lowest BCUT2D eigenvalue weighted by Gasteiger charge is -2.34. The van der Waals surface area contributed by atoms with Gasteiger partial charge in [-0.3, -0.25) is 14.7 Å².